The molecule has 37 heavy (non-hydrogen) atoms. The summed E-state index contributed by atoms with van der Waals surface area (Å²) >= 11 is 1.34. The number of pyridine rings is 1. The Hall–Kier alpha value is -4.45. The molecule has 186 valence electrons. The van der Waals surface area contributed by atoms with Crippen LogP contribution < -0.4 is 16.8 Å². The minimum absolute atomic E-state index is 0.206. The van der Waals surface area contributed by atoms with Gasteiger partial charge in [0.2, 0.25) is 11.3 Å². The number of halogens is 1. The topological polar surface area (TPSA) is 112 Å². The van der Waals surface area contributed by atoms with Crippen LogP contribution in [0.15, 0.2) is 74.1 Å². The first kappa shape index (κ1) is 23.0. The average molecular weight is 518 g/mol. The molecule has 0 amide bonds. The number of H-pyrrole nitrogens is 1. The maximum atomic E-state index is 13.5. The van der Waals surface area contributed by atoms with Crippen molar-refractivity contribution in [2.45, 2.75) is 17.5 Å². The van der Waals surface area contributed by atoms with Gasteiger partial charge in [-0.15, -0.1) is 10.2 Å². The van der Waals surface area contributed by atoms with Crippen LogP contribution in [0.25, 0.3) is 27.8 Å². The van der Waals surface area contributed by atoms with Crippen molar-refractivity contribution in [3.05, 3.63) is 103 Å². The molecule has 4 heterocycles. The molecule has 0 saturated carbocycles. The number of para-hydroxylation sites is 1. The predicted octanol–water partition coefficient (Wildman–Crippen LogP) is 2.40. The van der Waals surface area contributed by atoms with Gasteiger partial charge in [-0.1, -0.05) is 42.1 Å². The Kier molecular flexibility index (Phi) is 5.33. The first-order valence-corrected chi connectivity index (χ1v) is 12.3. The summed E-state index contributed by atoms with van der Waals surface area (Å²) in [5, 5.41) is 10.1. The van der Waals surface area contributed by atoms with Crippen LogP contribution in [-0.2, 0) is 26.4 Å². The van der Waals surface area contributed by atoms with Gasteiger partial charge in [0, 0.05) is 36.8 Å². The van der Waals surface area contributed by atoms with Crippen LogP contribution in [0, 0.1) is 5.82 Å². The first-order chi connectivity index (χ1) is 17.8. The fourth-order valence-electron chi connectivity index (χ4n) is 4.58. The highest BCUT2D eigenvalue weighted by Gasteiger charge is 2.24. The number of fused-ring (bicyclic) bond motifs is 4. The van der Waals surface area contributed by atoms with E-state index in [9.17, 15) is 18.8 Å². The third-order valence-electron chi connectivity index (χ3n) is 6.40. The lowest BCUT2D eigenvalue weighted by Gasteiger charge is -2.08. The minimum Gasteiger partial charge on any atom is -0.322 e. The average Bonchev–Trinajstić information content (AvgIpc) is 3.44. The van der Waals surface area contributed by atoms with Crippen LogP contribution in [0.4, 0.5) is 4.39 Å². The quantitative estimate of drug-likeness (QED) is 0.352. The SMILES string of the molecule is Cn1c(=O)c2c(n(C)c1=O)n1c(SCc3cc(=O)[nH]c4ccccc34)nnc1n2Cc1ccc(F)cc1. The Morgan fingerprint density at radius 1 is 0.973 bits per heavy atom. The van der Waals surface area contributed by atoms with Crippen LogP contribution in [0.3, 0.4) is 0 Å². The van der Waals surface area contributed by atoms with Gasteiger partial charge in [0.05, 0.1) is 6.54 Å². The van der Waals surface area contributed by atoms with Gasteiger partial charge in [-0.3, -0.25) is 23.3 Å². The van der Waals surface area contributed by atoms with Gasteiger partial charge in [-0.05, 0) is 29.3 Å². The standard InChI is InChI=1S/C25H20FN7O3S/c1-30-21-20(22(35)31(2)25(30)36)32(12-14-7-9-16(26)10-8-14)23-28-29-24(33(21)23)37-13-15-11-19(34)27-18-6-4-3-5-17(15)18/h3-11H,12-13H2,1-2H3,(H,27,34). The van der Waals surface area contributed by atoms with Crippen LogP contribution in [0.1, 0.15) is 11.1 Å². The Labute approximate surface area is 211 Å². The first-order valence-electron chi connectivity index (χ1n) is 11.3. The number of nitrogens with zero attached hydrogens (tertiary/aromatic N) is 6. The van der Waals surface area contributed by atoms with Gasteiger partial charge < -0.3 is 4.98 Å². The number of aryl methyl sites for hydroxylation is 1. The smallest absolute Gasteiger partial charge is 0.322 e. The van der Waals surface area contributed by atoms with Crippen molar-refractivity contribution in [2.24, 2.45) is 14.1 Å². The summed E-state index contributed by atoms with van der Waals surface area (Å²) < 4.78 is 19.3. The number of hydrogen-bond acceptors (Lipinski definition) is 6. The van der Waals surface area contributed by atoms with E-state index in [1.807, 2.05) is 24.3 Å². The van der Waals surface area contributed by atoms with Gasteiger partial charge in [-0.25, -0.2) is 13.6 Å². The second-order valence-corrected chi connectivity index (χ2v) is 9.64. The molecular weight excluding hydrogens is 497 g/mol. The van der Waals surface area contributed by atoms with Gasteiger partial charge >= 0.3 is 5.69 Å². The van der Waals surface area contributed by atoms with Gasteiger partial charge in [-0.2, -0.15) is 0 Å². The fraction of sp³-hybridized carbons (Fsp3) is 0.160. The Morgan fingerprint density at radius 2 is 1.73 bits per heavy atom. The van der Waals surface area contributed by atoms with Crippen molar-refractivity contribution < 1.29 is 4.39 Å². The number of hydrogen-bond donors (Lipinski definition) is 1. The molecule has 1 N–H and O–H groups in total. The Morgan fingerprint density at radius 3 is 2.51 bits per heavy atom. The summed E-state index contributed by atoms with van der Waals surface area (Å²) in [7, 11) is 3.01. The molecule has 12 heteroatoms. The Bertz CT molecular complexity index is 2020. The molecule has 6 aromatic rings. The highest BCUT2D eigenvalue weighted by Crippen LogP contribution is 2.28. The lowest BCUT2D eigenvalue weighted by Crippen LogP contribution is -2.37. The number of thioether (sulfide) groups is 1. The molecule has 6 rings (SSSR count). The van der Waals surface area contributed by atoms with Crippen molar-refractivity contribution in [3.63, 3.8) is 0 Å². The second-order valence-electron chi connectivity index (χ2n) is 8.70. The Balaban J connectivity index is 1.53. The summed E-state index contributed by atoms with van der Waals surface area (Å²) in [5.41, 5.74) is 1.78. The molecule has 0 saturated heterocycles. The molecule has 0 aliphatic rings. The number of aromatic amines is 1. The van der Waals surface area contributed by atoms with Crippen molar-refractivity contribution >= 4 is 39.6 Å². The van der Waals surface area contributed by atoms with E-state index in [0.29, 0.717) is 22.3 Å². The van der Waals surface area contributed by atoms with Gasteiger partial charge in [0.25, 0.3) is 5.56 Å². The second kappa shape index (κ2) is 8.59. The maximum Gasteiger partial charge on any atom is 0.332 e. The molecule has 0 aliphatic heterocycles. The van der Waals surface area contributed by atoms with Crippen molar-refractivity contribution in [1.29, 1.82) is 0 Å². The highest BCUT2D eigenvalue weighted by atomic mass is 32.2. The van der Waals surface area contributed by atoms with Crippen LogP contribution in [0.2, 0.25) is 0 Å². The van der Waals surface area contributed by atoms with E-state index in [4.69, 9.17) is 0 Å². The third-order valence-corrected chi connectivity index (χ3v) is 7.37. The van der Waals surface area contributed by atoms with Gasteiger partial charge in [0.1, 0.15) is 5.82 Å². The molecule has 0 bridgehead atoms. The summed E-state index contributed by atoms with van der Waals surface area (Å²) in [6.45, 7) is 0.224. The van der Waals surface area contributed by atoms with Crippen LogP contribution >= 0.6 is 11.8 Å². The largest absolute Gasteiger partial charge is 0.332 e. The monoisotopic (exact) mass is 517 g/mol. The number of nitrogens with one attached hydrogen (secondary N) is 1. The molecule has 0 aliphatic carbocycles. The number of imidazole rings is 1. The summed E-state index contributed by atoms with van der Waals surface area (Å²) in [4.78, 5) is 41.1. The molecule has 10 nitrogen and oxygen atoms in total. The van der Waals surface area contributed by atoms with Crippen molar-refractivity contribution in [3.8, 4) is 0 Å². The zero-order valence-electron chi connectivity index (χ0n) is 19.8. The number of rotatable bonds is 5. The van der Waals surface area contributed by atoms with E-state index in [1.54, 1.807) is 34.2 Å². The van der Waals surface area contributed by atoms with E-state index >= 15 is 0 Å². The number of aromatic nitrogens is 7. The van der Waals surface area contributed by atoms with Crippen LogP contribution in [0.5, 0.6) is 0 Å². The third kappa shape index (κ3) is 3.68. The highest BCUT2D eigenvalue weighted by molar-refractivity contribution is 7.98. The maximum absolute atomic E-state index is 13.5. The lowest BCUT2D eigenvalue weighted by atomic mass is 10.1. The molecule has 0 atom stereocenters. The van der Waals surface area contributed by atoms with E-state index < -0.39 is 11.2 Å². The lowest BCUT2D eigenvalue weighted by molar-refractivity contribution is 0.626. The number of benzene rings is 2. The molecule has 4 aromatic heterocycles. The normalized spacial score (nSPS) is 11.8. The van der Waals surface area contributed by atoms with E-state index in [1.165, 1.54) is 35.5 Å². The molecule has 0 radical (unpaired) electrons. The van der Waals surface area contributed by atoms with Crippen molar-refractivity contribution in [2.75, 3.05) is 0 Å². The molecule has 0 spiro atoms. The van der Waals surface area contributed by atoms with E-state index in [-0.39, 0.29) is 23.4 Å². The van der Waals surface area contributed by atoms with E-state index in [0.717, 1.165) is 26.6 Å². The summed E-state index contributed by atoms with van der Waals surface area (Å²) in [5.74, 6) is 0.420. The predicted molar refractivity (Wildman–Crippen MR) is 139 cm³/mol. The zero-order valence-corrected chi connectivity index (χ0v) is 20.6. The van der Waals surface area contributed by atoms with Crippen LogP contribution in [-0.4, -0.2) is 33.3 Å². The minimum atomic E-state index is -0.483. The summed E-state index contributed by atoms with van der Waals surface area (Å²) in [6.07, 6.45) is 0. The summed E-state index contributed by atoms with van der Waals surface area (Å²) in [6, 6.07) is 15.1. The molecule has 0 unspecified atom stereocenters. The van der Waals surface area contributed by atoms with E-state index in [2.05, 4.69) is 15.2 Å². The molecule has 2 aromatic carbocycles. The zero-order chi connectivity index (χ0) is 25.8. The fourth-order valence-corrected chi connectivity index (χ4v) is 5.50. The molecule has 0 fully saturated rings. The molecular formula is C25H20FN7O3S. The van der Waals surface area contributed by atoms with Gasteiger partial charge in [0.15, 0.2) is 16.3 Å². The van der Waals surface area contributed by atoms with Crippen molar-refractivity contribution in [1.82, 2.24) is 33.3 Å².